The summed E-state index contributed by atoms with van der Waals surface area (Å²) >= 11 is 0. The van der Waals surface area contributed by atoms with Gasteiger partial charge in [0.25, 0.3) is 0 Å². The van der Waals surface area contributed by atoms with Crippen LogP contribution >= 0.6 is 0 Å². The van der Waals surface area contributed by atoms with Crippen LogP contribution in [-0.2, 0) is 6.54 Å². The zero-order valence-electron chi connectivity index (χ0n) is 10.7. The van der Waals surface area contributed by atoms with Crippen molar-refractivity contribution in [3.63, 3.8) is 0 Å². The van der Waals surface area contributed by atoms with Crippen molar-refractivity contribution < 1.29 is 4.74 Å². The highest BCUT2D eigenvalue weighted by atomic mass is 16.5. The van der Waals surface area contributed by atoms with Crippen LogP contribution in [0.3, 0.4) is 0 Å². The molecule has 0 unspecified atom stereocenters. The molecule has 0 spiro atoms. The summed E-state index contributed by atoms with van der Waals surface area (Å²) in [7, 11) is 1.70. The third kappa shape index (κ3) is 4.23. The zero-order chi connectivity index (χ0) is 11.8. The van der Waals surface area contributed by atoms with Crippen LogP contribution in [0.2, 0.25) is 0 Å². The van der Waals surface area contributed by atoms with Crippen LogP contribution in [0.15, 0.2) is 24.3 Å². The van der Waals surface area contributed by atoms with E-state index in [0.717, 1.165) is 12.3 Å². The quantitative estimate of drug-likeness (QED) is 0.700. The molecule has 1 aromatic rings. The second kappa shape index (κ2) is 7.29. The first-order valence-corrected chi connectivity index (χ1v) is 6.15. The van der Waals surface area contributed by atoms with Gasteiger partial charge >= 0.3 is 0 Å². The van der Waals surface area contributed by atoms with Gasteiger partial charge in [0.1, 0.15) is 5.75 Å². The highest BCUT2D eigenvalue weighted by Crippen LogP contribution is 2.13. The Bertz CT molecular complexity index is 275. The molecule has 0 fully saturated rings. The number of ether oxygens (including phenoxy) is 1. The van der Waals surface area contributed by atoms with Crippen LogP contribution < -0.4 is 4.74 Å². The Morgan fingerprint density at radius 1 is 1.00 bits per heavy atom. The van der Waals surface area contributed by atoms with E-state index in [1.165, 1.54) is 31.5 Å². The molecule has 0 atom stereocenters. The van der Waals surface area contributed by atoms with Gasteiger partial charge in [-0.3, -0.25) is 4.90 Å². The van der Waals surface area contributed by atoms with Crippen molar-refractivity contribution in [3.8, 4) is 5.75 Å². The second-order valence-corrected chi connectivity index (χ2v) is 4.12. The molecule has 0 aliphatic carbocycles. The van der Waals surface area contributed by atoms with Crippen molar-refractivity contribution in [3.05, 3.63) is 29.8 Å². The van der Waals surface area contributed by atoms with E-state index >= 15 is 0 Å². The van der Waals surface area contributed by atoms with Gasteiger partial charge in [0, 0.05) is 6.54 Å². The Hall–Kier alpha value is -1.02. The molecule has 0 amide bonds. The van der Waals surface area contributed by atoms with Gasteiger partial charge in [-0.25, -0.2) is 0 Å². The van der Waals surface area contributed by atoms with E-state index < -0.39 is 0 Å². The van der Waals surface area contributed by atoms with E-state index in [0.29, 0.717) is 0 Å². The van der Waals surface area contributed by atoms with Gasteiger partial charge in [-0.2, -0.15) is 0 Å². The summed E-state index contributed by atoms with van der Waals surface area (Å²) < 4.78 is 5.16. The van der Waals surface area contributed by atoms with E-state index in [4.69, 9.17) is 4.74 Å². The Kier molecular flexibility index (Phi) is 5.94. The maximum Gasteiger partial charge on any atom is 0.118 e. The van der Waals surface area contributed by atoms with E-state index in [1.54, 1.807) is 7.11 Å². The molecular formula is C14H23NO. The number of hydrogen-bond donors (Lipinski definition) is 0. The van der Waals surface area contributed by atoms with Gasteiger partial charge in [-0.05, 0) is 43.6 Å². The lowest BCUT2D eigenvalue weighted by atomic mass is 10.2. The fourth-order valence-corrected chi connectivity index (χ4v) is 1.89. The maximum absolute atomic E-state index is 5.16. The molecule has 16 heavy (non-hydrogen) atoms. The molecule has 0 radical (unpaired) electrons. The Morgan fingerprint density at radius 2 is 1.56 bits per heavy atom. The minimum absolute atomic E-state index is 0.932. The van der Waals surface area contributed by atoms with Crippen molar-refractivity contribution in [2.75, 3.05) is 20.2 Å². The SMILES string of the molecule is CCCN(CCC)Cc1ccc(OC)cc1. The van der Waals surface area contributed by atoms with Crippen molar-refractivity contribution in [2.24, 2.45) is 0 Å². The lowest BCUT2D eigenvalue weighted by molar-refractivity contribution is 0.266. The summed E-state index contributed by atoms with van der Waals surface area (Å²) in [6, 6.07) is 8.37. The third-order valence-electron chi connectivity index (χ3n) is 2.64. The Labute approximate surface area is 99.2 Å². The average Bonchev–Trinajstić information content (AvgIpc) is 2.31. The highest BCUT2D eigenvalue weighted by molar-refractivity contribution is 5.27. The van der Waals surface area contributed by atoms with Crippen LogP contribution in [0.25, 0.3) is 0 Å². The lowest BCUT2D eigenvalue weighted by Gasteiger charge is -2.21. The fourth-order valence-electron chi connectivity index (χ4n) is 1.89. The van der Waals surface area contributed by atoms with Gasteiger partial charge < -0.3 is 4.74 Å². The topological polar surface area (TPSA) is 12.5 Å². The summed E-state index contributed by atoms with van der Waals surface area (Å²) in [6.45, 7) is 7.87. The van der Waals surface area contributed by atoms with Crippen LogP contribution in [0.1, 0.15) is 32.3 Å². The smallest absolute Gasteiger partial charge is 0.118 e. The molecule has 0 aliphatic heterocycles. The highest BCUT2D eigenvalue weighted by Gasteiger charge is 2.03. The summed E-state index contributed by atoms with van der Waals surface area (Å²) in [4.78, 5) is 2.50. The molecule has 0 bridgehead atoms. The van der Waals surface area contributed by atoms with E-state index in [9.17, 15) is 0 Å². The molecule has 0 saturated heterocycles. The van der Waals surface area contributed by atoms with Crippen molar-refractivity contribution in [1.29, 1.82) is 0 Å². The van der Waals surface area contributed by atoms with Gasteiger partial charge in [0.15, 0.2) is 0 Å². The third-order valence-corrected chi connectivity index (χ3v) is 2.64. The first-order chi connectivity index (χ1) is 7.80. The average molecular weight is 221 g/mol. The predicted octanol–water partition coefficient (Wildman–Crippen LogP) is 3.32. The molecule has 0 aliphatic rings. The molecule has 1 aromatic carbocycles. The number of rotatable bonds is 7. The Morgan fingerprint density at radius 3 is 2.00 bits per heavy atom. The Balaban J connectivity index is 2.54. The van der Waals surface area contributed by atoms with Gasteiger partial charge in [0.05, 0.1) is 7.11 Å². The van der Waals surface area contributed by atoms with E-state index in [-0.39, 0.29) is 0 Å². The normalized spacial score (nSPS) is 10.8. The van der Waals surface area contributed by atoms with Gasteiger partial charge in [-0.1, -0.05) is 26.0 Å². The minimum Gasteiger partial charge on any atom is -0.497 e. The second-order valence-electron chi connectivity index (χ2n) is 4.12. The lowest BCUT2D eigenvalue weighted by Crippen LogP contribution is -2.24. The standard InChI is InChI=1S/C14H23NO/c1-4-10-15(11-5-2)12-13-6-8-14(16-3)9-7-13/h6-9H,4-5,10-12H2,1-3H3. The molecule has 90 valence electrons. The first kappa shape index (κ1) is 13.0. The summed E-state index contributed by atoms with van der Waals surface area (Å²) in [5.41, 5.74) is 1.36. The molecule has 0 aromatic heterocycles. The monoisotopic (exact) mass is 221 g/mol. The molecule has 2 heteroatoms. The molecule has 0 saturated carbocycles. The van der Waals surface area contributed by atoms with Crippen molar-refractivity contribution in [1.82, 2.24) is 4.90 Å². The number of methoxy groups -OCH3 is 1. The zero-order valence-corrected chi connectivity index (χ0v) is 10.7. The maximum atomic E-state index is 5.16. The summed E-state index contributed by atoms with van der Waals surface area (Å²) in [5.74, 6) is 0.932. The van der Waals surface area contributed by atoms with Crippen LogP contribution in [0.5, 0.6) is 5.75 Å². The minimum atomic E-state index is 0.932. The number of nitrogens with zero attached hydrogens (tertiary/aromatic N) is 1. The summed E-state index contributed by atoms with van der Waals surface area (Å²) in [6.07, 6.45) is 2.44. The summed E-state index contributed by atoms with van der Waals surface area (Å²) in [5, 5.41) is 0. The van der Waals surface area contributed by atoms with Crippen molar-refractivity contribution in [2.45, 2.75) is 33.2 Å². The first-order valence-electron chi connectivity index (χ1n) is 6.15. The molecule has 0 heterocycles. The van der Waals surface area contributed by atoms with E-state index in [1.807, 2.05) is 12.1 Å². The van der Waals surface area contributed by atoms with Crippen LogP contribution in [-0.4, -0.2) is 25.1 Å². The van der Waals surface area contributed by atoms with Gasteiger partial charge in [0.2, 0.25) is 0 Å². The fraction of sp³-hybridized carbons (Fsp3) is 0.571. The molecule has 2 nitrogen and oxygen atoms in total. The molecule has 1 rings (SSSR count). The number of hydrogen-bond acceptors (Lipinski definition) is 2. The molecule has 0 N–H and O–H groups in total. The van der Waals surface area contributed by atoms with Gasteiger partial charge in [-0.15, -0.1) is 0 Å². The largest absolute Gasteiger partial charge is 0.497 e. The number of benzene rings is 1. The predicted molar refractivity (Wildman–Crippen MR) is 68.9 cm³/mol. The van der Waals surface area contributed by atoms with Crippen LogP contribution in [0, 0.1) is 0 Å². The van der Waals surface area contributed by atoms with Crippen LogP contribution in [0.4, 0.5) is 0 Å². The van der Waals surface area contributed by atoms with Crippen molar-refractivity contribution >= 4 is 0 Å². The molecular weight excluding hydrogens is 198 g/mol. The van der Waals surface area contributed by atoms with E-state index in [2.05, 4.69) is 30.9 Å².